The van der Waals surface area contributed by atoms with Crippen LogP contribution in [-0.2, 0) is 35.8 Å². The maximum Gasteiger partial charge on any atom is 0.311 e. The number of nitrogens with zero attached hydrogens (tertiary/aromatic N) is 1. The van der Waals surface area contributed by atoms with Gasteiger partial charge in [-0.05, 0) is 50.7 Å². The van der Waals surface area contributed by atoms with Gasteiger partial charge >= 0.3 is 11.9 Å². The number of esters is 2. The number of aryl methyl sites for hydroxylation is 1. The number of hydrogen-bond acceptors (Lipinski definition) is 7. The molecule has 1 aromatic heterocycles. The number of carbonyl (C=O) groups excluding carboxylic acids is 2. The van der Waals surface area contributed by atoms with Crippen LogP contribution in [-0.4, -0.2) is 30.8 Å². The third kappa shape index (κ3) is 5.05. The molecule has 3 fully saturated rings. The van der Waals surface area contributed by atoms with Crippen molar-refractivity contribution in [3.63, 3.8) is 0 Å². The van der Waals surface area contributed by atoms with E-state index in [-0.39, 0.29) is 35.5 Å². The number of benzene rings is 2. The molecule has 37 heavy (non-hydrogen) atoms. The molecule has 194 valence electrons. The number of methoxy groups -OCH3 is 1. The van der Waals surface area contributed by atoms with E-state index in [0.717, 1.165) is 47.9 Å². The van der Waals surface area contributed by atoms with Gasteiger partial charge in [0.2, 0.25) is 0 Å². The summed E-state index contributed by atoms with van der Waals surface area (Å²) in [6.45, 7) is 4.27. The molecule has 2 aliphatic heterocycles. The van der Waals surface area contributed by atoms with E-state index in [0.29, 0.717) is 24.5 Å². The zero-order valence-corrected chi connectivity index (χ0v) is 21.6. The summed E-state index contributed by atoms with van der Waals surface area (Å²) in [5.74, 6) is 0.0859. The minimum atomic E-state index is -0.340. The molecule has 0 unspecified atom stereocenters. The van der Waals surface area contributed by atoms with Crippen LogP contribution in [0.25, 0.3) is 11.3 Å². The van der Waals surface area contributed by atoms with Gasteiger partial charge in [0.1, 0.15) is 6.10 Å². The van der Waals surface area contributed by atoms with E-state index in [1.54, 1.807) is 0 Å². The van der Waals surface area contributed by atoms with Crippen molar-refractivity contribution in [3.8, 4) is 11.3 Å². The highest BCUT2D eigenvalue weighted by Gasteiger charge is 2.51. The standard InChI is InChI=1S/C30H33NO6/c1-20-25(17-26(32)36-21(2)22-7-5-4-6-8-22)28(37-31-20)23-9-11-24(12-10-23)30-15-13-29(14-16-30,19-35-30)18-27(33)34-3/h4-12,21H,13-19H2,1-3H3/t21-,29?,30?/m1/s1. The predicted octanol–water partition coefficient (Wildman–Crippen LogP) is 5.85. The Balaban J connectivity index is 1.27. The van der Waals surface area contributed by atoms with Crippen LogP contribution in [0.15, 0.2) is 59.1 Å². The van der Waals surface area contributed by atoms with Gasteiger partial charge in [0.25, 0.3) is 0 Å². The lowest BCUT2D eigenvalue weighted by Gasteiger charge is -2.53. The molecule has 0 radical (unpaired) electrons. The van der Waals surface area contributed by atoms with Crippen LogP contribution in [0.3, 0.4) is 0 Å². The SMILES string of the molecule is COC(=O)CC12CCC(c3ccc(-c4onc(C)c4CC(=O)O[C@H](C)c4ccccc4)cc3)(CC1)OC2. The van der Waals surface area contributed by atoms with E-state index in [1.807, 2.05) is 56.3 Å². The van der Waals surface area contributed by atoms with Crippen molar-refractivity contribution in [2.45, 2.75) is 64.1 Å². The first-order chi connectivity index (χ1) is 17.8. The summed E-state index contributed by atoms with van der Waals surface area (Å²) >= 11 is 0. The van der Waals surface area contributed by atoms with Crippen LogP contribution < -0.4 is 0 Å². The summed E-state index contributed by atoms with van der Waals surface area (Å²) in [6.07, 6.45) is 3.80. The average Bonchev–Trinajstić information content (AvgIpc) is 3.29. The summed E-state index contributed by atoms with van der Waals surface area (Å²) < 4.78 is 22.6. The van der Waals surface area contributed by atoms with E-state index in [4.69, 9.17) is 18.7 Å². The van der Waals surface area contributed by atoms with E-state index in [2.05, 4.69) is 17.3 Å². The molecule has 2 saturated heterocycles. The van der Waals surface area contributed by atoms with Crippen LogP contribution in [0.1, 0.15) is 67.5 Å². The first-order valence-corrected chi connectivity index (χ1v) is 12.8. The topological polar surface area (TPSA) is 87.9 Å². The maximum absolute atomic E-state index is 12.8. The second-order valence-electron chi connectivity index (χ2n) is 10.4. The Labute approximate surface area is 217 Å². The van der Waals surface area contributed by atoms with Gasteiger partial charge in [-0.3, -0.25) is 9.59 Å². The molecule has 0 N–H and O–H groups in total. The second kappa shape index (κ2) is 10.1. The first-order valence-electron chi connectivity index (χ1n) is 12.8. The summed E-state index contributed by atoms with van der Waals surface area (Å²) in [4.78, 5) is 24.6. The van der Waals surface area contributed by atoms with E-state index < -0.39 is 0 Å². The third-order valence-corrected chi connectivity index (χ3v) is 8.08. The van der Waals surface area contributed by atoms with Gasteiger partial charge in [-0.25, -0.2) is 0 Å². The van der Waals surface area contributed by atoms with Crippen molar-refractivity contribution in [3.05, 3.63) is 77.0 Å². The van der Waals surface area contributed by atoms with Crippen molar-refractivity contribution >= 4 is 11.9 Å². The molecule has 0 spiro atoms. The summed E-state index contributed by atoms with van der Waals surface area (Å²) in [7, 11) is 1.44. The lowest BCUT2D eigenvalue weighted by atomic mass is 9.63. The highest BCUT2D eigenvalue weighted by Crippen LogP contribution is 2.55. The van der Waals surface area contributed by atoms with Crippen LogP contribution in [0.2, 0.25) is 0 Å². The summed E-state index contributed by atoms with van der Waals surface area (Å²) in [5.41, 5.74) is 3.90. The molecule has 1 aliphatic carbocycles. The largest absolute Gasteiger partial charge is 0.469 e. The number of hydrogen-bond donors (Lipinski definition) is 0. The van der Waals surface area contributed by atoms with Gasteiger partial charge in [0.15, 0.2) is 5.76 Å². The van der Waals surface area contributed by atoms with E-state index >= 15 is 0 Å². The maximum atomic E-state index is 12.8. The number of ether oxygens (including phenoxy) is 3. The predicted molar refractivity (Wildman–Crippen MR) is 136 cm³/mol. The lowest BCUT2D eigenvalue weighted by Crippen LogP contribution is -2.50. The Morgan fingerprint density at radius 1 is 1.00 bits per heavy atom. The van der Waals surface area contributed by atoms with Crippen molar-refractivity contribution in [2.75, 3.05) is 13.7 Å². The minimum absolute atomic E-state index is 0.0823. The fourth-order valence-corrected chi connectivity index (χ4v) is 5.67. The number of fused-ring (bicyclic) bond motifs is 3. The molecule has 6 rings (SSSR count). The Morgan fingerprint density at radius 2 is 1.70 bits per heavy atom. The lowest BCUT2D eigenvalue weighted by molar-refractivity contribution is -0.196. The molecule has 2 bridgehead atoms. The normalized spacial score (nSPS) is 23.4. The van der Waals surface area contributed by atoms with Gasteiger partial charge < -0.3 is 18.7 Å². The molecule has 3 heterocycles. The fourth-order valence-electron chi connectivity index (χ4n) is 5.67. The number of carbonyl (C=O) groups is 2. The summed E-state index contributed by atoms with van der Waals surface area (Å²) in [5, 5.41) is 4.12. The molecule has 0 amide bonds. The third-order valence-electron chi connectivity index (χ3n) is 8.08. The quantitative estimate of drug-likeness (QED) is 0.357. The average molecular weight is 504 g/mol. The Kier molecular flexibility index (Phi) is 6.90. The molecule has 3 aromatic rings. The van der Waals surface area contributed by atoms with Crippen LogP contribution in [0, 0.1) is 12.3 Å². The molecule has 7 nitrogen and oxygen atoms in total. The smallest absolute Gasteiger partial charge is 0.311 e. The van der Waals surface area contributed by atoms with Crippen molar-refractivity contribution < 1.29 is 28.3 Å². The van der Waals surface area contributed by atoms with Crippen LogP contribution in [0.4, 0.5) is 0 Å². The zero-order valence-electron chi connectivity index (χ0n) is 21.6. The molecule has 7 heteroatoms. The molecular formula is C30H33NO6. The Hall–Kier alpha value is -3.45. The fraction of sp³-hybridized carbons (Fsp3) is 0.433. The first kappa shape index (κ1) is 25.2. The minimum Gasteiger partial charge on any atom is -0.469 e. The Morgan fingerprint density at radius 3 is 2.32 bits per heavy atom. The van der Waals surface area contributed by atoms with Crippen molar-refractivity contribution in [1.29, 1.82) is 0 Å². The summed E-state index contributed by atoms with van der Waals surface area (Å²) in [6, 6.07) is 17.8. The highest BCUT2D eigenvalue weighted by molar-refractivity contribution is 5.77. The van der Waals surface area contributed by atoms with Gasteiger partial charge in [0, 0.05) is 16.5 Å². The van der Waals surface area contributed by atoms with Gasteiger partial charge in [-0.1, -0.05) is 59.8 Å². The molecule has 1 atom stereocenters. The zero-order chi connectivity index (χ0) is 26.0. The van der Waals surface area contributed by atoms with Gasteiger partial charge in [-0.15, -0.1) is 0 Å². The van der Waals surface area contributed by atoms with E-state index in [9.17, 15) is 9.59 Å². The highest BCUT2D eigenvalue weighted by atomic mass is 16.5. The number of aromatic nitrogens is 1. The molecular weight excluding hydrogens is 470 g/mol. The molecule has 1 saturated carbocycles. The van der Waals surface area contributed by atoms with Crippen LogP contribution >= 0.6 is 0 Å². The number of rotatable bonds is 8. The van der Waals surface area contributed by atoms with Crippen molar-refractivity contribution in [1.82, 2.24) is 5.16 Å². The Bertz CT molecular complexity index is 1240. The van der Waals surface area contributed by atoms with E-state index in [1.165, 1.54) is 7.11 Å². The van der Waals surface area contributed by atoms with Gasteiger partial charge in [-0.2, -0.15) is 0 Å². The molecule has 3 aliphatic rings. The van der Waals surface area contributed by atoms with Gasteiger partial charge in [0.05, 0.1) is 37.9 Å². The second-order valence-corrected chi connectivity index (χ2v) is 10.4. The monoisotopic (exact) mass is 503 g/mol. The van der Waals surface area contributed by atoms with Crippen molar-refractivity contribution in [2.24, 2.45) is 5.41 Å². The molecule has 2 aromatic carbocycles. The van der Waals surface area contributed by atoms with Crippen LogP contribution in [0.5, 0.6) is 0 Å².